The van der Waals surface area contributed by atoms with E-state index in [1.807, 2.05) is 0 Å². The molecule has 0 unspecified atom stereocenters. The van der Waals surface area contributed by atoms with Gasteiger partial charge in [-0.25, -0.2) is 9.78 Å². The van der Waals surface area contributed by atoms with E-state index >= 15 is 0 Å². The normalized spacial score (nSPS) is 10.6. The zero-order valence-electron chi connectivity index (χ0n) is 18.2. The van der Waals surface area contributed by atoms with Crippen molar-refractivity contribution in [2.45, 2.75) is 6.61 Å². The average molecular weight is 499 g/mol. The van der Waals surface area contributed by atoms with Gasteiger partial charge >= 0.3 is 5.97 Å². The molecule has 0 aliphatic carbocycles. The number of rotatable bonds is 8. The van der Waals surface area contributed by atoms with Crippen LogP contribution in [-0.4, -0.2) is 31.1 Å². The fourth-order valence-electron chi connectivity index (χ4n) is 3.09. The lowest BCUT2D eigenvalue weighted by molar-refractivity contribution is 0.0469. The van der Waals surface area contributed by atoms with Crippen molar-refractivity contribution in [1.82, 2.24) is 4.98 Å². The Bertz CT molecular complexity index is 1320. The van der Waals surface area contributed by atoms with E-state index in [2.05, 4.69) is 10.3 Å². The summed E-state index contributed by atoms with van der Waals surface area (Å²) in [4.78, 5) is 30.2. The molecule has 2 heterocycles. The number of ether oxygens (including phenoxy) is 3. The quantitative estimate of drug-likeness (QED) is 0.312. The van der Waals surface area contributed by atoms with Gasteiger partial charge in [0.05, 0.1) is 48.0 Å². The number of carbonyl (C=O) groups is 2. The van der Waals surface area contributed by atoms with Gasteiger partial charge in [-0.2, -0.15) is 0 Å². The third-order valence-corrected chi connectivity index (χ3v) is 5.98. The summed E-state index contributed by atoms with van der Waals surface area (Å²) in [6, 6.07) is 13.1. The monoisotopic (exact) mass is 498 g/mol. The van der Waals surface area contributed by atoms with E-state index in [0.717, 1.165) is 0 Å². The molecule has 34 heavy (non-hydrogen) atoms. The molecule has 0 atom stereocenters. The van der Waals surface area contributed by atoms with Gasteiger partial charge in [0, 0.05) is 17.5 Å². The second-order valence-corrected chi connectivity index (χ2v) is 8.15. The van der Waals surface area contributed by atoms with Crippen molar-refractivity contribution >= 4 is 40.5 Å². The molecule has 0 saturated heterocycles. The highest BCUT2D eigenvalue weighted by Crippen LogP contribution is 2.34. The number of hydrogen-bond donors (Lipinski definition) is 1. The molecular formula is C24H19ClN2O6S. The minimum Gasteiger partial charge on any atom is -0.493 e. The molecule has 174 valence electrons. The lowest BCUT2D eigenvalue weighted by atomic mass is 10.1. The number of esters is 1. The van der Waals surface area contributed by atoms with Crippen molar-refractivity contribution in [2.75, 3.05) is 19.5 Å². The van der Waals surface area contributed by atoms with Gasteiger partial charge in [-0.15, -0.1) is 11.3 Å². The van der Waals surface area contributed by atoms with Crippen LogP contribution < -0.4 is 14.8 Å². The zero-order valence-corrected chi connectivity index (χ0v) is 19.7. The molecule has 0 bridgehead atoms. The van der Waals surface area contributed by atoms with Crippen LogP contribution in [-0.2, 0) is 11.3 Å². The number of carbonyl (C=O) groups excluding carboxylic acids is 2. The second-order valence-electron chi connectivity index (χ2n) is 6.88. The Morgan fingerprint density at radius 3 is 2.53 bits per heavy atom. The van der Waals surface area contributed by atoms with Crippen molar-refractivity contribution in [2.24, 2.45) is 0 Å². The topological polar surface area (TPSA) is 99.9 Å². The predicted molar refractivity (Wildman–Crippen MR) is 128 cm³/mol. The number of benzene rings is 2. The van der Waals surface area contributed by atoms with Gasteiger partial charge in [-0.1, -0.05) is 23.7 Å². The molecule has 0 radical (unpaired) electrons. The molecule has 1 amide bonds. The van der Waals surface area contributed by atoms with E-state index in [9.17, 15) is 9.59 Å². The Morgan fingerprint density at radius 2 is 1.82 bits per heavy atom. The SMILES string of the molecule is COc1cc(NC(=O)c2ccccc2Cl)c(C(=O)OCc2csc(-c3ccco3)n2)cc1OC. The van der Waals surface area contributed by atoms with Crippen LogP contribution >= 0.6 is 22.9 Å². The molecule has 4 aromatic rings. The average Bonchev–Trinajstić information content (AvgIpc) is 3.54. The van der Waals surface area contributed by atoms with Gasteiger partial charge in [0.25, 0.3) is 5.91 Å². The molecule has 2 aromatic heterocycles. The Morgan fingerprint density at radius 1 is 1.06 bits per heavy atom. The minimum atomic E-state index is -0.678. The summed E-state index contributed by atoms with van der Waals surface area (Å²) in [5.41, 5.74) is 1.08. The zero-order chi connectivity index (χ0) is 24.1. The van der Waals surface area contributed by atoms with E-state index < -0.39 is 11.9 Å². The molecule has 0 spiro atoms. The van der Waals surface area contributed by atoms with Gasteiger partial charge < -0.3 is 23.9 Å². The first-order valence-electron chi connectivity index (χ1n) is 9.97. The van der Waals surface area contributed by atoms with Crippen LogP contribution in [0.2, 0.25) is 5.02 Å². The lowest BCUT2D eigenvalue weighted by Gasteiger charge is -2.15. The first kappa shape index (κ1) is 23.3. The number of nitrogens with one attached hydrogen (secondary N) is 1. The van der Waals surface area contributed by atoms with Crippen LogP contribution in [0.15, 0.2) is 64.6 Å². The van der Waals surface area contributed by atoms with Gasteiger partial charge in [-0.3, -0.25) is 4.79 Å². The Labute approximate surface area is 204 Å². The fraction of sp³-hybridized carbons (Fsp3) is 0.125. The highest BCUT2D eigenvalue weighted by molar-refractivity contribution is 7.13. The first-order valence-corrected chi connectivity index (χ1v) is 11.2. The highest BCUT2D eigenvalue weighted by Gasteiger charge is 2.21. The number of methoxy groups -OCH3 is 2. The van der Waals surface area contributed by atoms with Gasteiger partial charge in [0.15, 0.2) is 22.3 Å². The largest absolute Gasteiger partial charge is 0.493 e. The molecule has 2 aromatic carbocycles. The fourth-order valence-corrected chi connectivity index (χ4v) is 4.08. The number of anilines is 1. The van der Waals surface area contributed by atoms with E-state index in [4.69, 9.17) is 30.2 Å². The number of thiazole rings is 1. The van der Waals surface area contributed by atoms with Crippen LogP contribution in [0.4, 0.5) is 5.69 Å². The third kappa shape index (κ3) is 5.05. The van der Waals surface area contributed by atoms with Crippen LogP contribution in [0.1, 0.15) is 26.4 Å². The Kier molecular flexibility index (Phi) is 7.15. The molecule has 1 N–H and O–H groups in total. The molecule has 4 rings (SSSR count). The molecular weight excluding hydrogens is 480 g/mol. The predicted octanol–water partition coefficient (Wildman–Crippen LogP) is 5.68. The lowest BCUT2D eigenvalue weighted by Crippen LogP contribution is -2.17. The second kappa shape index (κ2) is 10.4. The van der Waals surface area contributed by atoms with Crippen molar-refractivity contribution in [3.63, 3.8) is 0 Å². The summed E-state index contributed by atoms with van der Waals surface area (Å²) in [6.45, 7) is -0.0672. The minimum absolute atomic E-state index is 0.0672. The van der Waals surface area contributed by atoms with E-state index in [1.165, 1.54) is 37.7 Å². The van der Waals surface area contributed by atoms with Gasteiger partial charge in [-0.05, 0) is 24.3 Å². The van der Waals surface area contributed by atoms with Crippen LogP contribution in [0.5, 0.6) is 11.5 Å². The van der Waals surface area contributed by atoms with Crippen molar-refractivity contribution in [3.8, 4) is 22.3 Å². The third-order valence-electron chi connectivity index (χ3n) is 4.75. The van der Waals surface area contributed by atoms with Gasteiger partial charge in [0.2, 0.25) is 0 Å². The molecule has 0 saturated carbocycles. The number of halogens is 1. The summed E-state index contributed by atoms with van der Waals surface area (Å²) < 4.78 is 21.4. The molecule has 8 nitrogen and oxygen atoms in total. The maximum atomic E-state index is 13.0. The number of nitrogens with zero attached hydrogens (tertiary/aromatic N) is 1. The smallest absolute Gasteiger partial charge is 0.340 e. The number of furan rings is 1. The number of aromatic nitrogens is 1. The Hall–Kier alpha value is -3.82. The Balaban J connectivity index is 1.57. The summed E-state index contributed by atoms with van der Waals surface area (Å²) in [5.74, 6) is 0.0968. The van der Waals surface area contributed by atoms with Crippen LogP contribution in [0.25, 0.3) is 10.8 Å². The first-order chi connectivity index (χ1) is 16.5. The van der Waals surface area contributed by atoms with Crippen LogP contribution in [0, 0.1) is 0 Å². The van der Waals surface area contributed by atoms with Crippen molar-refractivity contribution < 1.29 is 28.2 Å². The number of amides is 1. The summed E-state index contributed by atoms with van der Waals surface area (Å²) >= 11 is 7.51. The molecule has 0 aliphatic rings. The highest BCUT2D eigenvalue weighted by atomic mass is 35.5. The maximum Gasteiger partial charge on any atom is 0.340 e. The number of hydrogen-bond acceptors (Lipinski definition) is 8. The van der Waals surface area contributed by atoms with E-state index in [-0.39, 0.29) is 28.4 Å². The van der Waals surface area contributed by atoms with E-state index in [1.54, 1.807) is 48.0 Å². The van der Waals surface area contributed by atoms with Crippen LogP contribution in [0.3, 0.4) is 0 Å². The summed E-state index contributed by atoms with van der Waals surface area (Å²) in [5, 5.41) is 5.44. The van der Waals surface area contributed by atoms with Crippen molar-refractivity contribution in [3.05, 3.63) is 82.0 Å². The molecule has 0 fully saturated rings. The molecule has 10 heteroatoms. The van der Waals surface area contributed by atoms with Crippen molar-refractivity contribution in [1.29, 1.82) is 0 Å². The van der Waals surface area contributed by atoms with Gasteiger partial charge in [0.1, 0.15) is 6.61 Å². The summed E-state index contributed by atoms with van der Waals surface area (Å²) in [6.07, 6.45) is 1.56. The molecule has 0 aliphatic heterocycles. The summed E-state index contributed by atoms with van der Waals surface area (Å²) in [7, 11) is 2.90. The maximum absolute atomic E-state index is 13.0. The standard InChI is InChI=1S/C24H19ClN2O6S/c1-30-20-10-16(24(29)33-12-14-13-34-23(26-14)19-8-5-9-32-19)18(11-21(20)31-2)27-22(28)15-6-3-4-7-17(15)25/h3-11,13H,12H2,1-2H3,(H,27,28). The van der Waals surface area contributed by atoms with E-state index in [0.29, 0.717) is 28.0 Å².